The molecule has 3 amide bonds. The molecule has 1 aromatic carbocycles. The molecule has 0 atom stereocenters. The molecule has 0 bridgehead atoms. The maximum Gasteiger partial charge on any atom is 0.271 e. The van der Waals surface area contributed by atoms with Gasteiger partial charge in [0.2, 0.25) is 11.8 Å². The van der Waals surface area contributed by atoms with Gasteiger partial charge < -0.3 is 10.6 Å². The molecule has 1 aromatic rings. The number of carbonyl (C=O) groups is 3. The smallest absolute Gasteiger partial charge is 0.271 e. The van der Waals surface area contributed by atoms with E-state index in [9.17, 15) is 14.4 Å². The minimum Gasteiger partial charge on any atom is -0.325 e. The van der Waals surface area contributed by atoms with Gasteiger partial charge in [0.05, 0.1) is 6.54 Å². The second-order valence-electron chi connectivity index (χ2n) is 6.88. The fraction of sp³-hybridized carbons (Fsp3) is 0.474. The molecule has 0 spiro atoms. The van der Waals surface area contributed by atoms with Crippen LogP contribution >= 0.6 is 0 Å². The van der Waals surface area contributed by atoms with Crippen molar-refractivity contribution in [3.8, 4) is 0 Å². The van der Waals surface area contributed by atoms with Crippen molar-refractivity contribution in [2.24, 2.45) is 5.10 Å². The monoisotopic (exact) mass is 371 g/mol. The fourth-order valence-electron chi connectivity index (χ4n) is 3.19. The number of likely N-dealkylation sites (tertiary alicyclic amines) is 1. The zero-order valence-electron chi connectivity index (χ0n) is 15.5. The van der Waals surface area contributed by atoms with Gasteiger partial charge in [0.1, 0.15) is 5.71 Å². The first-order chi connectivity index (χ1) is 13.0. The summed E-state index contributed by atoms with van der Waals surface area (Å²) in [6.07, 6.45) is 4.16. The molecule has 144 valence electrons. The first-order valence-electron chi connectivity index (χ1n) is 9.29. The molecule has 0 aliphatic carbocycles. The predicted octanol–water partition coefficient (Wildman–Crippen LogP) is 1.66. The number of rotatable bonds is 5. The topological polar surface area (TPSA) is 94.1 Å². The molecule has 3 rings (SSSR count). The Hall–Kier alpha value is -2.74. The number of hydrogen-bond acceptors (Lipinski definition) is 5. The van der Waals surface area contributed by atoms with E-state index in [0.717, 1.165) is 25.9 Å². The standard InChI is InChI=1S/C19H25N5O3/c1-23-18(26)10-9-16(22-23)19(27)21-15-7-5-14(6-8-15)20-17(25)13-24-11-3-2-4-12-24/h5-8H,2-4,9-13H2,1H3,(H,20,25)(H,21,27). The highest BCUT2D eigenvalue weighted by Crippen LogP contribution is 2.15. The summed E-state index contributed by atoms with van der Waals surface area (Å²) in [5.41, 5.74) is 1.63. The summed E-state index contributed by atoms with van der Waals surface area (Å²) < 4.78 is 0. The van der Waals surface area contributed by atoms with Gasteiger partial charge >= 0.3 is 0 Å². The molecule has 0 aromatic heterocycles. The van der Waals surface area contributed by atoms with Crippen molar-refractivity contribution < 1.29 is 14.4 Å². The molecule has 1 fully saturated rings. The summed E-state index contributed by atoms with van der Waals surface area (Å²) in [4.78, 5) is 38.0. The molecule has 2 N–H and O–H groups in total. The predicted molar refractivity (Wildman–Crippen MR) is 103 cm³/mol. The van der Waals surface area contributed by atoms with Crippen LogP contribution in [-0.4, -0.2) is 60.0 Å². The van der Waals surface area contributed by atoms with Crippen LogP contribution in [0.2, 0.25) is 0 Å². The second kappa shape index (κ2) is 8.77. The van der Waals surface area contributed by atoms with E-state index >= 15 is 0 Å². The molecular formula is C19H25N5O3. The molecule has 27 heavy (non-hydrogen) atoms. The highest BCUT2D eigenvalue weighted by molar-refractivity contribution is 6.43. The van der Waals surface area contributed by atoms with Gasteiger partial charge in [-0.2, -0.15) is 5.10 Å². The third-order valence-electron chi connectivity index (χ3n) is 4.71. The summed E-state index contributed by atoms with van der Waals surface area (Å²) >= 11 is 0. The van der Waals surface area contributed by atoms with E-state index in [1.807, 2.05) is 0 Å². The summed E-state index contributed by atoms with van der Waals surface area (Å²) in [5.74, 6) is -0.453. The van der Waals surface area contributed by atoms with E-state index in [0.29, 0.717) is 30.1 Å². The largest absolute Gasteiger partial charge is 0.325 e. The highest BCUT2D eigenvalue weighted by atomic mass is 16.2. The Morgan fingerprint density at radius 2 is 1.63 bits per heavy atom. The molecular weight excluding hydrogens is 346 g/mol. The lowest BCUT2D eigenvalue weighted by Crippen LogP contribution is -2.36. The third-order valence-corrected chi connectivity index (χ3v) is 4.71. The molecule has 0 unspecified atom stereocenters. The Kier molecular flexibility index (Phi) is 6.18. The Labute approximate surface area is 158 Å². The summed E-state index contributed by atoms with van der Waals surface area (Å²) in [6.45, 7) is 2.36. The van der Waals surface area contributed by atoms with Crippen LogP contribution in [0, 0.1) is 0 Å². The number of piperidine rings is 1. The van der Waals surface area contributed by atoms with E-state index in [4.69, 9.17) is 0 Å². The van der Waals surface area contributed by atoms with Crippen molar-refractivity contribution in [3.63, 3.8) is 0 Å². The van der Waals surface area contributed by atoms with E-state index in [-0.39, 0.29) is 24.1 Å². The lowest BCUT2D eigenvalue weighted by atomic mass is 10.1. The van der Waals surface area contributed by atoms with Crippen LogP contribution in [0.1, 0.15) is 32.1 Å². The number of nitrogens with one attached hydrogen (secondary N) is 2. The molecule has 2 aliphatic rings. The van der Waals surface area contributed by atoms with Crippen molar-refractivity contribution in [3.05, 3.63) is 24.3 Å². The van der Waals surface area contributed by atoms with Crippen LogP contribution in [0.3, 0.4) is 0 Å². The van der Waals surface area contributed by atoms with Crippen LogP contribution < -0.4 is 10.6 Å². The Bertz CT molecular complexity index is 738. The highest BCUT2D eigenvalue weighted by Gasteiger charge is 2.22. The summed E-state index contributed by atoms with van der Waals surface area (Å²) in [7, 11) is 1.54. The summed E-state index contributed by atoms with van der Waals surface area (Å²) in [6, 6.07) is 6.96. The number of anilines is 2. The zero-order chi connectivity index (χ0) is 19.2. The lowest BCUT2D eigenvalue weighted by Gasteiger charge is -2.25. The molecule has 0 radical (unpaired) electrons. The van der Waals surface area contributed by atoms with Crippen molar-refractivity contribution in [2.45, 2.75) is 32.1 Å². The SMILES string of the molecule is CN1N=C(C(=O)Nc2ccc(NC(=O)CN3CCCCC3)cc2)CCC1=O. The minimum absolute atomic E-state index is 0.0297. The van der Waals surface area contributed by atoms with Crippen LogP contribution in [-0.2, 0) is 14.4 Å². The number of amides is 3. The van der Waals surface area contributed by atoms with Crippen molar-refractivity contribution >= 4 is 34.8 Å². The summed E-state index contributed by atoms with van der Waals surface area (Å²) in [5, 5.41) is 10.8. The maximum absolute atomic E-state index is 12.2. The average molecular weight is 371 g/mol. The van der Waals surface area contributed by atoms with E-state index in [1.54, 1.807) is 24.3 Å². The minimum atomic E-state index is -0.323. The molecule has 8 heteroatoms. The van der Waals surface area contributed by atoms with Gasteiger partial charge in [0, 0.05) is 31.3 Å². The Balaban J connectivity index is 1.51. The van der Waals surface area contributed by atoms with Crippen molar-refractivity contribution in [1.82, 2.24) is 9.91 Å². The normalized spacial score (nSPS) is 18.0. The number of hydrogen-bond donors (Lipinski definition) is 2. The molecule has 2 aliphatic heterocycles. The third kappa shape index (κ3) is 5.37. The fourth-order valence-corrected chi connectivity index (χ4v) is 3.19. The molecule has 8 nitrogen and oxygen atoms in total. The first-order valence-corrected chi connectivity index (χ1v) is 9.29. The van der Waals surface area contributed by atoms with Crippen molar-refractivity contribution in [2.75, 3.05) is 37.3 Å². The van der Waals surface area contributed by atoms with E-state index < -0.39 is 0 Å². The molecule has 2 heterocycles. The first kappa shape index (κ1) is 19.0. The van der Waals surface area contributed by atoms with Crippen LogP contribution in [0.15, 0.2) is 29.4 Å². The second-order valence-corrected chi connectivity index (χ2v) is 6.88. The van der Waals surface area contributed by atoms with Crippen molar-refractivity contribution in [1.29, 1.82) is 0 Å². The van der Waals surface area contributed by atoms with Gasteiger partial charge in [-0.1, -0.05) is 6.42 Å². The van der Waals surface area contributed by atoms with Gasteiger partial charge in [-0.15, -0.1) is 0 Å². The van der Waals surface area contributed by atoms with Gasteiger partial charge in [0.25, 0.3) is 5.91 Å². The van der Waals surface area contributed by atoms with Crippen LogP contribution in [0.25, 0.3) is 0 Å². The van der Waals surface area contributed by atoms with Gasteiger partial charge in [-0.3, -0.25) is 19.3 Å². The van der Waals surface area contributed by atoms with Gasteiger partial charge in [-0.05, 0) is 50.2 Å². The Morgan fingerprint density at radius 1 is 1.00 bits per heavy atom. The number of benzene rings is 1. The maximum atomic E-state index is 12.2. The van der Waals surface area contributed by atoms with E-state index in [2.05, 4.69) is 20.6 Å². The molecule has 1 saturated heterocycles. The van der Waals surface area contributed by atoms with Crippen LogP contribution in [0.5, 0.6) is 0 Å². The Morgan fingerprint density at radius 3 is 2.26 bits per heavy atom. The molecule has 0 saturated carbocycles. The van der Waals surface area contributed by atoms with Gasteiger partial charge in [0.15, 0.2) is 0 Å². The number of hydrazone groups is 1. The number of nitrogens with zero attached hydrogens (tertiary/aromatic N) is 3. The van der Waals surface area contributed by atoms with Crippen LogP contribution in [0.4, 0.5) is 11.4 Å². The lowest BCUT2D eigenvalue weighted by molar-refractivity contribution is -0.130. The number of carbonyl (C=O) groups excluding carboxylic acids is 3. The quantitative estimate of drug-likeness (QED) is 0.823. The average Bonchev–Trinajstić information content (AvgIpc) is 2.66. The van der Waals surface area contributed by atoms with Gasteiger partial charge in [-0.25, -0.2) is 5.01 Å². The van der Waals surface area contributed by atoms with E-state index in [1.165, 1.54) is 18.5 Å². The zero-order valence-corrected chi connectivity index (χ0v) is 15.5.